The highest BCUT2D eigenvalue weighted by Crippen LogP contribution is 2.32. The normalized spacial score (nSPS) is 15.3. The van der Waals surface area contributed by atoms with Crippen molar-refractivity contribution in [2.45, 2.75) is 18.9 Å². The number of aromatic nitrogens is 3. The van der Waals surface area contributed by atoms with Crippen LogP contribution in [0.15, 0.2) is 48.9 Å². The first kappa shape index (κ1) is 20.5. The zero-order valence-corrected chi connectivity index (χ0v) is 17.4. The quantitative estimate of drug-likeness (QED) is 0.649. The van der Waals surface area contributed by atoms with E-state index in [1.54, 1.807) is 48.5 Å². The minimum absolute atomic E-state index is 0.251. The summed E-state index contributed by atoms with van der Waals surface area (Å²) in [5.74, 6) is -0.621. The Labute approximate surface area is 179 Å². The molecule has 8 heteroatoms. The van der Waals surface area contributed by atoms with E-state index in [0.717, 1.165) is 31.5 Å². The second-order valence-electron chi connectivity index (χ2n) is 7.41. The number of carbonyl (C=O) groups excluding carboxylic acids is 1. The molecule has 0 radical (unpaired) electrons. The molecule has 0 spiro atoms. The summed E-state index contributed by atoms with van der Waals surface area (Å²) < 4.78 is 16.2. The summed E-state index contributed by atoms with van der Waals surface area (Å²) in [7, 11) is 1.77. The fourth-order valence-electron chi connectivity index (χ4n) is 3.95. The predicted molar refractivity (Wildman–Crippen MR) is 114 cm³/mol. The van der Waals surface area contributed by atoms with Crippen molar-refractivity contribution in [3.05, 3.63) is 70.9 Å². The maximum Gasteiger partial charge on any atom is 0.255 e. The fraction of sp³-hybridized carbons (Fsp3) is 0.318. The minimum Gasteiger partial charge on any atom is -0.350 e. The molecule has 1 unspecified atom stereocenters. The molecular weight excluding hydrogens is 405 g/mol. The smallest absolute Gasteiger partial charge is 0.255 e. The van der Waals surface area contributed by atoms with E-state index in [9.17, 15) is 9.18 Å². The van der Waals surface area contributed by atoms with Crippen LogP contribution in [0.25, 0.3) is 11.3 Å². The van der Waals surface area contributed by atoms with Gasteiger partial charge in [0.2, 0.25) is 0 Å². The van der Waals surface area contributed by atoms with Crippen LogP contribution in [0.3, 0.4) is 0 Å². The highest BCUT2D eigenvalue weighted by atomic mass is 35.5. The van der Waals surface area contributed by atoms with Crippen LogP contribution in [0, 0.1) is 5.82 Å². The molecule has 1 aliphatic rings. The summed E-state index contributed by atoms with van der Waals surface area (Å²) in [6, 6.07) is 8.02. The molecule has 0 aliphatic carbocycles. The standard InChI is InChI=1S/C22H23ClFN5O/c1-28-14-16(21(27-28)15-6-5-9-25-12-15)22(30)26-13-19(29-10-2-3-11-29)20-17(23)7-4-8-18(20)24/h4-9,12,14,19H,2-3,10-11,13H2,1H3,(H,26,30). The van der Waals surface area contributed by atoms with Crippen LogP contribution in [0.5, 0.6) is 0 Å². The molecule has 1 aromatic carbocycles. The Balaban J connectivity index is 1.58. The molecule has 3 heterocycles. The van der Waals surface area contributed by atoms with Crippen LogP contribution >= 0.6 is 11.6 Å². The molecule has 30 heavy (non-hydrogen) atoms. The van der Waals surface area contributed by atoms with Crippen molar-refractivity contribution in [2.24, 2.45) is 7.05 Å². The Morgan fingerprint density at radius 2 is 2.07 bits per heavy atom. The number of nitrogens with one attached hydrogen (secondary N) is 1. The first-order chi connectivity index (χ1) is 14.5. The maximum atomic E-state index is 14.6. The van der Waals surface area contributed by atoms with Gasteiger partial charge in [-0.15, -0.1) is 0 Å². The van der Waals surface area contributed by atoms with Gasteiger partial charge in [-0.3, -0.25) is 19.4 Å². The summed E-state index contributed by atoms with van der Waals surface area (Å²) in [4.78, 5) is 19.3. The average Bonchev–Trinajstić information content (AvgIpc) is 3.40. The Hall–Kier alpha value is -2.77. The number of aryl methyl sites for hydroxylation is 1. The van der Waals surface area contributed by atoms with Crippen molar-refractivity contribution in [1.29, 1.82) is 0 Å². The van der Waals surface area contributed by atoms with Crippen LogP contribution < -0.4 is 5.32 Å². The molecule has 0 bridgehead atoms. The molecule has 1 fully saturated rings. The van der Waals surface area contributed by atoms with Crippen LogP contribution in [-0.2, 0) is 7.05 Å². The van der Waals surface area contributed by atoms with Crippen molar-refractivity contribution >= 4 is 17.5 Å². The molecule has 1 saturated heterocycles. The van der Waals surface area contributed by atoms with Gasteiger partial charge in [0.25, 0.3) is 5.91 Å². The van der Waals surface area contributed by atoms with Crippen molar-refractivity contribution in [1.82, 2.24) is 25.0 Å². The second-order valence-corrected chi connectivity index (χ2v) is 7.82. The molecule has 156 valence electrons. The zero-order chi connectivity index (χ0) is 21.1. The summed E-state index contributed by atoms with van der Waals surface area (Å²) in [6.45, 7) is 1.94. The Bertz CT molecular complexity index is 1010. The molecule has 2 aromatic heterocycles. The molecule has 1 amide bonds. The van der Waals surface area contributed by atoms with E-state index >= 15 is 0 Å². The van der Waals surface area contributed by atoms with E-state index in [1.807, 2.05) is 6.07 Å². The van der Waals surface area contributed by atoms with Crippen molar-refractivity contribution < 1.29 is 9.18 Å². The van der Waals surface area contributed by atoms with Gasteiger partial charge in [0.1, 0.15) is 11.5 Å². The summed E-state index contributed by atoms with van der Waals surface area (Å²) in [6.07, 6.45) is 7.11. The molecule has 1 aliphatic heterocycles. The number of hydrogen-bond acceptors (Lipinski definition) is 4. The van der Waals surface area contributed by atoms with Gasteiger partial charge in [-0.05, 0) is 50.2 Å². The van der Waals surface area contributed by atoms with E-state index in [4.69, 9.17) is 11.6 Å². The van der Waals surface area contributed by atoms with Gasteiger partial charge in [-0.1, -0.05) is 17.7 Å². The van der Waals surface area contributed by atoms with Crippen molar-refractivity contribution in [3.8, 4) is 11.3 Å². The first-order valence-corrected chi connectivity index (χ1v) is 10.3. The third-order valence-electron chi connectivity index (χ3n) is 5.38. The minimum atomic E-state index is -0.355. The van der Waals surface area contributed by atoms with Gasteiger partial charge >= 0.3 is 0 Å². The van der Waals surface area contributed by atoms with E-state index < -0.39 is 0 Å². The van der Waals surface area contributed by atoms with Crippen LogP contribution in [0.1, 0.15) is 34.8 Å². The topological polar surface area (TPSA) is 63.1 Å². The molecule has 4 rings (SSSR count). The van der Waals surface area contributed by atoms with Crippen LogP contribution in [0.4, 0.5) is 4.39 Å². The molecule has 3 aromatic rings. The van der Waals surface area contributed by atoms with Gasteiger partial charge in [0.05, 0.1) is 11.6 Å². The molecule has 6 nitrogen and oxygen atoms in total. The number of pyridine rings is 1. The lowest BCUT2D eigenvalue weighted by Gasteiger charge is -2.29. The zero-order valence-electron chi connectivity index (χ0n) is 16.7. The van der Waals surface area contributed by atoms with Gasteiger partial charge in [0.15, 0.2) is 0 Å². The lowest BCUT2D eigenvalue weighted by atomic mass is 10.0. The van der Waals surface area contributed by atoms with Crippen molar-refractivity contribution in [3.63, 3.8) is 0 Å². The maximum absolute atomic E-state index is 14.6. The number of halogens is 2. The number of hydrogen-bond donors (Lipinski definition) is 1. The molecular formula is C22H23ClFN5O. The highest BCUT2D eigenvalue weighted by Gasteiger charge is 2.28. The monoisotopic (exact) mass is 427 g/mol. The Kier molecular flexibility index (Phi) is 6.11. The number of rotatable bonds is 6. The largest absolute Gasteiger partial charge is 0.350 e. The first-order valence-electron chi connectivity index (χ1n) is 9.95. The van der Waals surface area contributed by atoms with Crippen LogP contribution in [-0.4, -0.2) is 45.2 Å². The third-order valence-corrected chi connectivity index (χ3v) is 5.71. The Morgan fingerprint density at radius 3 is 2.77 bits per heavy atom. The molecule has 1 N–H and O–H groups in total. The summed E-state index contributed by atoms with van der Waals surface area (Å²) in [5, 5.41) is 7.76. The van der Waals surface area contributed by atoms with Gasteiger partial charge in [0, 0.05) is 48.3 Å². The lowest BCUT2D eigenvalue weighted by Crippen LogP contribution is -2.37. The van der Waals surface area contributed by atoms with E-state index in [2.05, 4.69) is 20.3 Å². The third kappa shape index (κ3) is 4.22. The number of amides is 1. The summed E-state index contributed by atoms with van der Waals surface area (Å²) in [5.41, 5.74) is 2.20. The highest BCUT2D eigenvalue weighted by molar-refractivity contribution is 6.31. The van der Waals surface area contributed by atoms with Gasteiger partial charge < -0.3 is 5.32 Å². The second kappa shape index (κ2) is 8.93. The number of benzene rings is 1. The van der Waals surface area contributed by atoms with E-state index in [0.29, 0.717) is 21.8 Å². The van der Waals surface area contributed by atoms with Crippen LogP contribution in [0.2, 0.25) is 5.02 Å². The number of likely N-dealkylation sites (tertiary alicyclic amines) is 1. The lowest BCUT2D eigenvalue weighted by molar-refractivity contribution is 0.0937. The van der Waals surface area contributed by atoms with Gasteiger partial charge in [-0.25, -0.2) is 4.39 Å². The number of carbonyl (C=O) groups is 1. The number of nitrogens with zero attached hydrogens (tertiary/aromatic N) is 4. The van der Waals surface area contributed by atoms with Crippen molar-refractivity contribution in [2.75, 3.05) is 19.6 Å². The predicted octanol–water partition coefficient (Wildman–Crippen LogP) is 3.84. The average molecular weight is 428 g/mol. The fourth-order valence-corrected chi connectivity index (χ4v) is 4.24. The SMILES string of the molecule is Cn1cc(C(=O)NCC(c2c(F)cccc2Cl)N2CCCC2)c(-c2cccnc2)n1. The van der Waals surface area contributed by atoms with E-state index in [-0.39, 0.29) is 24.3 Å². The van der Waals surface area contributed by atoms with E-state index in [1.165, 1.54) is 6.07 Å². The molecule has 1 atom stereocenters. The Morgan fingerprint density at radius 1 is 1.27 bits per heavy atom. The van der Waals surface area contributed by atoms with Gasteiger partial charge in [-0.2, -0.15) is 5.10 Å². The molecule has 0 saturated carbocycles. The summed E-state index contributed by atoms with van der Waals surface area (Å²) >= 11 is 6.34.